The Morgan fingerprint density at radius 1 is 1.23 bits per heavy atom. The van der Waals surface area contributed by atoms with E-state index in [0.29, 0.717) is 6.54 Å². The van der Waals surface area contributed by atoms with E-state index in [-0.39, 0.29) is 6.61 Å². The Balaban J connectivity index is 1.72. The molecule has 22 heavy (non-hydrogen) atoms. The summed E-state index contributed by atoms with van der Waals surface area (Å²) in [7, 11) is 0. The van der Waals surface area contributed by atoms with Crippen LogP contribution in [0, 0.1) is 6.92 Å². The zero-order chi connectivity index (χ0) is 15.8. The lowest BCUT2D eigenvalue weighted by Crippen LogP contribution is -2.24. The van der Waals surface area contributed by atoms with Gasteiger partial charge in [-0.25, -0.2) is 4.79 Å². The summed E-state index contributed by atoms with van der Waals surface area (Å²) in [4.78, 5) is 11.6. The van der Waals surface area contributed by atoms with Gasteiger partial charge >= 0.3 is 6.09 Å². The normalized spacial score (nSPS) is 10.6. The maximum absolute atomic E-state index is 11.6. The van der Waals surface area contributed by atoms with Crippen LogP contribution in [-0.4, -0.2) is 12.6 Å². The first-order valence-corrected chi connectivity index (χ1v) is 7.81. The molecule has 0 radical (unpaired) electrons. The third-order valence-electron chi connectivity index (χ3n) is 3.07. The van der Waals surface area contributed by atoms with Gasteiger partial charge in [-0.2, -0.15) is 0 Å². The quantitative estimate of drug-likeness (QED) is 0.840. The lowest BCUT2D eigenvalue weighted by molar-refractivity contribution is 0.141. The van der Waals surface area contributed by atoms with Gasteiger partial charge in [0, 0.05) is 11.0 Å². The van der Waals surface area contributed by atoms with Crippen molar-refractivity contribution in [3.63, 3.8) is 0 Å². The number of carbonyl (C=O) groups is 1. The fourth-order valence-corrected chi connectivity index (χ4v) is 2.13. The van der Waals surface area contributed by atoms with Gasteiger partial charge in [0.05, 0.1) is 0 Å². The van der Waals surface area contributed by atoms with Gasteiger partial charge in [-0.3, -0.25) is 0 Å². The fourth-order valence-electron chi connectivity index (χ4n) is 1.88. The summed E-state index contributed by atoms with van der Waals surface area (Å²) in [5, 5.41) is 2.69. The highest BCUT2D eigenvalue weighted by molar-refractivity contribution is 9.10. The second-order valence-corrected chi connectivity index (χ2v) is 5.71. The highest BCUT2D eigenvalue weighted by atomic mass is 79.9. The van der Waals surface area contributed by atoms with Crippen molar-refractivity contribution in [2.75, 3.05) is 6.54 Å². The van der Waals surface area contributed by atoms with Gasteiger partial charge in [0.15, 0.2) is 0 Å². The van der Waals surface area contributed by atoms with Crippen LogP contribution in [0.5, 0.6) is 0 Å². The van der Waals surface area contributed by atoms with Crippen LogP contribution in [0.2, 0.25) is 0 Å². The second-order valence-electron chi connectivity index (χ2n) is 4.85. The number of halogens is 1. The Bertz CT molecular complexity index is 653. The number of rotatable bonds is 5. The van der Waals surface area contributed by atoms with Crippen LogP contribution in [-0.2, 0) is 11.3 Å². The van der Waals surface area contributed by atoms with Gasteiger partial charge in [-0.15, -0.1) is 0 Å². The van der Waals surface area contributed by atoms with Crippen molar-refractivity contribution in [3.05, 3.63) is 75.8 Å². The molecule has 0 heterocycles. The summed E-state index contributed by atoms with van der Waals surface area (Å²) in [6.07, 6.45) is 3.45. The molecule has 0 aliphatic rings. The van der Waals surface area contributed by atoms with Crippen molar-refractivity contribution in [1.29, 1.82) is 0 Å². The molecule has 2 aromatic carbocycles. The molecule has 1 N–H and O–H groups in total. The average molecular weight is 360 g/mol. The molecule has 0 aliphatic heterocycles. The Morgan fingerprint density at radius 2 is 2.00 bits per heavy atom. The van der Waals surface area contributed by atoms with Crippen molar-refractivity contribution in [1.82, 2.24) is 5.32 Å². The van der Waals surface area contributed by atoms with E-state index in [9.17, 15) is 4.79 Å². The molecule has 2 aromatic rings. The molecule has 0 aliphatic carbocycles. The van der Waals surface area contributed by atoms with Crippen LogP contribution in [0.4, 0.5) is 4.79 Å². The largest absolute Gasteiger partial charge is 0.445 e. The van der Waals surface area contributed by atoms with Crippen molar-refractivity contribution < 1.29 is 9.53 Å². The minimum absolute atomic E-state index is 0.280. The van der Waals surface area contributed by atoms with Crippen LogP contribution < -0.4 is 5.32 Å². The molecule has 0 atom stereocenters. The molecule has 4 heteroatoms. The summed E-state index contributed by atoms with van der Waals surface area (Å²) < 4.78 is 6.22. The van der Waals surface area contributed by atoms with E-state index in [1.165, 1.54) is 5.56 Å². The monoisotopic (exact) mass is 359 g/mol. The molecule has 0 unspecified atom stereocenters. The van der Waals surface area contributed by atoms with Gasteiger partial charge < -0.3 is 10.1 Å². The van der Waals surface area contributed by atoms with Crippen molar-refractivity contribution >= 4 is 28.1 Å². The van der Waals surface area contributed by atoms with E-state index in [1.54, 1.807) is 0 Å². The van der Waals surface area contributed by atoms with Gasteiger partial charge in [0.25, 0.3) is 0 Å². The minimum atomic E-state index is -0.416. The highest BCUT2D eigenvalue weighted by Crippen LogP contribution is 2.17. The number of amides is 1. The first-order chi connectivity index (χ1) is 10.6. The Kier molecular flexibility index (Phi) is 6.22. The summed E-state index contributed by atoms with van der Waals surface area (Å²) in [6.45, 7) is 2.76. The van der Waals surface area contributed by atoms with Crippen molar-refractivity contribution in [2.24, 2.45) is 0 Å². The molecule has 1 amide bonds. The van der Waals surface area contributed by atoms with Gasteiger partial charge in [-0.05, 0) is 29.7 Å². The average Bonchev–Trinajstić information content (AvgIpc) is 2.54. The number of hydrogen-bond acceptors (Lipinski definition) is 2. The zero-order valence-corrected chi connectivity index (χ0v) is 14.0. The summed E-state index contributed by atoms with van der Waals surface area (Å²) in [5.41, 5.74) is 3.25. The SMILES string of the molecule is Cc1cc(C=CCNC(=O)OCc2ccccc2)ccc1Br. The first-order valence-electron chi connectivity index (χ1n) is 7.02. The lowest BCUT2D eigenvalue weighted by atomic mass is 10.1. The van der Waals surface area contributed by atoms with Crippen molar-refractivity contribution in [2.45, 2.75) is 13.5 Å². The van der Waals surface area contributed by atoms with Crippen LogP contribution >= 0.6 is 15.9 Å². The fraction of sp³-hybridized carbons (Fsp3) is 0.167. The van der Waals surface area contributed by atoms with Crippen LogP contribution in [0.25, 0.3) is 6.08 Å². The van der Waals surface area contributed by atoms with Gasteiger partial charge in [-0.1, -0.05) is 70.5 Å². The van der Waals surface area contributed by atoms with Crippen LogP contribution in [0.3, 0.4) is 0 Å². The number of hydrogen-bond donors (Lipinski definition) is 1. The molecular formula is C18H18BrNO2. The molecule has 0 saturated carbocycles. The molecule has 114 valence electrons. The van der Waals surface area contributed by atoms with Crippen LogP contribution in [0.15, 0.2) is 59.1 Å². The minimum Gasteiger partial charge on any atom is -0.445 e. The number of ether oxygens (including phenoxy) is 1. The lowest BCUT2D eigenvalue weighted by Gasteiger charge is -2.05. The molecule has 3 nitrogen and oxygen atoms in total. The highest BCUT2D eigenvalue weighted by Gasteiger charge is 2.00. The summed E-state index contributed by atoms with van der Waals surface area (Å²) >= 11 is 3.47. The maximum atomic E-state index is 11.6. The van der Waals surface area contributed by atoms with E-state index in [2.05, 4.69) is 27.3 Å². The van der Waals surface area contributed by atoms with E-state index < -0.39 is 6.09 Å². The van der Waals surface area contributed by atoms with E-state index in [0.717, 1.165) is 15.6 Å². The molecule has 0 aromatic heterocycles. The molecule has 0 spiro atoms. The topological polar surface area (TPSA) is 38.3 Å². The van der Waals surface area contributed by atoms with Crippen LogP contribution in [0.1, 0.15) is 16.7 Å². The number of alkyl carbamates (subject to hydrolysis) is 1. The predicted molar refractivity (Wildman–Crippen MR) is 92.5 cm³/mol. The third-order valence-corrected chi connectivity index (χ3v) is 3.96. The number of benzene rings is 2. The third kappa shape index (κ3) is 5.37. The molecular weight excluding hydrogens is 342 g/mol. The molecule has 0 bridgehead atoms. The molecule has 2 rings (SSSR count). The predicted octanol–water partition coefficient (Wildman–Crippen LogP) is 4.70. The van der Waals surface area contributed by atoms with E-state index in [4.69, 9.17) is 4.74 Å². The zero-order valence-electron chi connectivity index (χ0n) is 12.4. The summed E-state index contributed by atoms with van der Waals surface area (Å²) in [6, 6.07) is 15.7. The Hall–Kier alpha value is -2.07. The Morgan fingerprint density at radius 3 is 2.73 bits per heavy atom. The van der Waals surface area contributed by atoms with E-state index in [1.807, 2.05) is 61.5 Å². The molecule has 0 fully saturated rings. The number of carbonyl (C=O) groups excluding carboxylic acids is 1. The number of aryl methyl sites for hydroxylation is 1. The second kappa shape index (κ2) is 8.39. The van der Waals surface area contributed by atoms with Crippen molar-refractivity contribution in [3.8, 4) is 0 Å². The first kappa shape index (κ1) is 16.3. The summed E-state index contributed by atoms with van der Waals surface area (Å²) in [5.74, 6) is 0. The molecule has 0 saturated heterocycles. The smallest absolute Gasteiger partial charge is 0.407 e. The van der Waals surface area contributed by atoms with Gasteiger partial charge in [0.1, 0.15) is 6.61 Å². The Labute approximate surface area is 139 Å². The maximum Gasteiger partial charge on any atom is 0.407 e. The number of nitrogens with one attached hydrogen (secondary N) is 1. The van der Waals surface area contributed by atoms with Gasteiger partial charge in [0.2, 0.25) is 0 Å². The van der Waals surface area contributed by atoms with E-state index >= 15 is 0 Å². The standard InChI is InChI=1S/C18H18BrNO2/c1-14-12-15(9-10-17(14)19)8-5-11-20-18(21)22-13-16-6-3-2-4-7-16/h2-10,12H,11,13H2,1H3,(H,20,21).